The molecule has 0 spiro atoms. The first-order valence-corrected chi connectivity index (χ1v) is 3.98. The number of anilines is 1. The van der Waals surface area contributed by atoms with Crippen molar-refractivity contribution in [3.63, 3.8) is 0 Å². The number of carbonyl (C=O) groups is 1. The Morgan fingerprint density at radius 2 is 2.20 bits per heavy atom. The summed E-state index contributed by atoms with van der Waals surface area (Å²) in [6.07, 6.45) is -2.83. The number of nitrogens with zero attached hydrogens (tertiary/aromatic N) is 1. The second-order valence-electron chi connectivity index (χ2n) is 2.77. The Labute approximate surface area is 83.7 Å². The lowest BCUT2D eigenvalue weighted by Crippen LogP contribution is -2.14. The van der Waals surface area contributed by atoms with Gasteiger partial charge in [-0.25, -0.2) is 18.6 Å². The summed E-state index contributed by atoms with van der Waals surface area (Å²) < 4.78 is 25.0. The molecule has 0 aliphatic rings. The molecule has 0 aromatic carbocycles. The second kappa shape index (κ2) is 4.18. The van der Waals surface area contributed by atoms with Crippen LogP contribution in [0.15, 0.2) is 6.07 Å². The first-order valence-electron chi connectivity index (χ1n) is 3.98. The van der Waals surface area contributed by atoms with Crippen LogP contribution in [0.2, 0.25) is 0 Å². The third-order valence-electron chi connectivity index (χ3n) is 1.82. The number of nitrogen functional groups attached to an aromatic ring is 1. The minimum Gasteiger partial charge on any atom is -0.476 e. The Morgan fingerprint density at radius 1 is 1.60 bits per heavy atom. The van der Waals surface area contributed by atoms with Gasteiger partial charge in [-0.1, -0.05) is 0 Å². The molecule has 0 aliphatic heterocycles. The lowest BCUT2D eigenvalue weighted by molar-refractivity contribution is 0.0688. The van der Waals surface area contributed by atoms with Gasteiger partial charge >= 0.3 is 5.97 Å². The number of carboxylic acids is 1. The van der Waals surface area contributed by atoms with Crippen molar-refractivity contribution >= 4 is 11.8 Å². The van der Waals surface area contributed by atoms with E-state index in [9.17, 15) is 13.6 Å². The maximum Gasteiger partial charge on any atom is 0.354 e. The summed E-state index contributed by atoms with van der Waals surface area (Å²) in [4.78, 5) is 14.1. The van der Waals surface area contributed by atoms with Gasteiger partial charge in [0.25, 0.3) is 6.43 Å². The van der Waals surface area contributed by atoms with Crippen LogP contribution in [-0.4, -0.2) is 16.1 Å². The molecule has 1 aromatic heterocycles. The highest BCUT2D eigenvalue weighted by Crippen LogP contribution is 2.26. The van der Waals surface area contributed by atoms with E-state index < -0.39 is 23.7 Å². The minimum absolute atomic E-state index is 0.188. The predicted molar refractivity (Wildman–Crippen MR) is 48.5 cm³/mol. The summed E-state index contributed by atoms with van der Waals surface area (Å²) in [6.45, 7) is -0.325. The number of carboxylic acid groups (broad SMARTS) is 1. The van der Waals surface area contributed by atoms with Crippen molar-refractivity contribution in [2.24, 2.45) is 5.73 Å². The maximum atomic E-state index is 12.5. The van der Waals surface area contributed by atoms with Crippen LogP contribution in [-0.2, 0) is 6.54 Å². The van der Waals surface area contributed by atoms with Crippen LogP contribution in [0, 0.1) is 0 Å². The first-order chi connectivity index (χ1) is 6.97. The Hall–Kier alpha value is -1.76. The van der Waals surface area contributed by atoms with Crippen molar-refractivity contribution < 1.29 is 18.7 Å². The molecule has 0 amide bonds. The fraction of sp³-hybridized carbons (Fsp3) is 0.250. The summed E-state index contributed by atoms with van der Waals surface area (Å²) >= 11 is 0. The van der Waals surface area contributed by atoms with E-state index in [4.69, 9.17) is 16.6 Å². The van der Waals surface area contributed by atoms with Gasteiger partial charge in [-0.15, -0.1) is 0 Å². The van der Waals surface area contributed by atoms with E-state index in [2.05, 4.69) is 4.98 Å². The number of halogens is 2. The smallest absolute Gasteiger partial charge is 0.354 e. The van der Waals surface area contributed by atoms with Gasteiger partial charge < -0.3 is 16.6 Å². The topological polar surface area (TPSA) is 102 Å². The summed E-state index contributed by atoms with van der Waals surface area (Å²) in [5, 5.41) is 8.71. The quantitative estimate of drug-likeness (QED) is 0.693. The number of pyridine rings is 1. The second-order valence-corrected chi connectivity index (χ2v) is 2.77. The predicted octanol–water partition coefficient (Wildman–Crippen LogP) is 0.758. The molecule has 5 N–H and O–H groups in total. The highest BCUT2D eigenvalue weighted by molar-refractivity contribution is 5.88. The number of nitrogens with two attached hydrogens (primary N) is 2. The molecule has 1 heterocycles. The zero-order valence-electron chi connectivity index (χ0n) is 7.58. The first kappa shape index (κ1) is 11.3. The van der Waals surface area contributed by atoms with Crippen molar-refractivity contribution in [3.8, 4) is 0 Å². The molecule has 0 aliphatic carbocycles. The molecule has 0 saturated heterocycles. The van der Waals surface area contributed by atoms with E-state index in [-0.39, 0.29) is 17.9 Å². The summed E-state index contributed by atoms with van der Waals surface area (Å²) in [5.41, 5.74) is 9.22. The van der Waals surface area contributed by atoms with Gasteiger partial charge in [0.15, 0.2) is 5.69 Å². The van der Waals surface area contributed by atoms with Crippen molar-refractivity contribution in [3.05, 3.63) is 22.9 Å². The van der Waals surface area contributed by atoms with Gasteiger partial charge in [0.1, 0.15) is 5.82 Å². The Kier molecular flexibility index (Phi) is 3.15. The standard InChI is InChI=1S/C8H9F2N3O2/c9-7(10)3-1-5(12)13-6(8(14)15)4(3)2-11/h1,7H,2,11H2,(H2,12,13)(H,14,15). The van der Waals surface area contributed by atoms with Gasteiger partial charge in [0.2, 0.25) is 0 Å². The largest absolute Gasteiger partial charge is 0.476 e. The fourth-order valence-electron chi connectivity index (χ4n) is 1.20. The molecule has 0 fully saturated rings. The van der Waals surface area contributed by atoms with E-state index in [1.54, 1.807) is 0 Å². The van der Waals surface area contributed by atoms with Crippen LogP contribution in [0.4, 0.5) is 14.6 Å². The lowest BCUT2D eigenvalue weighted by atomic mass is 10.1. The van der Waals surface area contributed by atoms with Crippen molar-refractivity contribution in [2.75, 3.05) is 5.73 Å². The van der Waals surface area contributed by atoms with Gasteiger partial charge in [0, 0.05) is 17.7 Å². The Bertz CT molecular complexity index is 396. The molecule has 1 rings (SSSR count). The van der Waals surface area contributed by atoms with Crippen LogP contribution in [0.5, 0.6) is 0 Å². The molecule has 0 unspecified atom stereocenters. The highest BCUT2D eigenvalue weighted by atomic mass is 19.3. The molecule has 15 heavy (non-hydrogen) atoms. The van der Waals surface area contributed by atoms with E-state index in [0.717, 1.165) is 6.07 Å². The van der Waals surface area contributed by atoms with E-state index >= 15 is 0 Å². The van der Waals surface area contributed by atoms with E-state index in [1.807, 2.05) is 0 Å². The monoisotopic (exact) mass is 217 g/mol. The summed E-state index contributed by atoms with van der Waals surface area (Å²) in [6, 6.07) is 0.930. The Balaban J connectivity index is 3.45. The molecule has 82 valence electrons. The molecule has 0 radical (unpaired) electrons. The molecular formula is C8H9F2N3O2. The maximum absolute atomic E-state index is 12.5. The van der Waals surface area contributed by atoms with Gasteiger partial charge in [-0.05, 0) is 6.07 Å². The normalized spacial score (nSPS) is 10.7. The van der Waals surface area contributed by atoms with Crippen molar-refractivity contribution in [1.82, 2.24) is 4.98 Å². The molecule has 0 bridgehead atoms. The molecule has 5 nitrogen and oxygen atoms in total. The van der Waals surface area contributed by atoms with Crippen LogP contribution < -0.4 is 11.5 Å². The zero-order valence-corrected chi connectivity index (χ0v) is 7.58. The van der Waals surface area contributed by atoms with E-state index in [1.165, 1.54) is 0 Å². The third kappa shape index (κ3) is 2.18. The van der Waals surface area contributed by atoms with Gasteiger partial charge in [-0.3, -0.25) is 0 Å². The number of hydrogen-bond donors (Lipinski definition) is 3. The third-order valence-corrected chi connectivity index (χ3v) is 1.82. The molecule has 0 saturated carbocycles. The summed E-state index contributed by atoms with van der Waals surface area (Å²) in [5.74, 6) is -1.69. The lowest BCUT2D eigenvalue weighted by Gasteiger charge is -2.10. The minimum atomic E-state index is -2.83. The van der Waals surface area contributed by atoms with Crippen LogP contribution in [0.1, 0.15) is 28.0 Å². The van der Waals surface area contributed by atoms with Crippen molar-refractivity contribution in [1.29, 1.82) is 0 Å². The number of rotatable bonds is 3. The van der Waals surface area contributed by atoms with E-state index in [0.29, 0.717) is 0 Å². The number of aromatic carboxylic acids is 1. The highest BCUT2D eigenvalue weighted by Gasteiger charge is 2.21. The number of alkyl halides is 2. The SMILES string of the molecule is NCc1c(C(F)F)cc(N)nc1C(=O)O. The zero-order chi connectivity index (χ0) is 11.6. The molecule has 7 heteroatoms. The average Bonchev–Trinajstić information content (AvgIpc) is 2.16. The van der Waals surface area contributed by atoms with Crippen LogP contribution in [0.3, 0.4) is 0 Å². The van der Waals surface area contributed by atoms with Gasteiger partial charge in [0.05, 0.1) is 0 Å². The molecule has 0 atom stereocenters. The number of hydrogen-bond acceptors (Lipinski definition) is 4. The average molecular weight is 217 g/mol. The fourth-order valence-corrected chi connectivity index (χ4v) is 1.20. The molecule has 1 aromatic rings. The number of aromatic nitrogens is 1. The van der Waals surface area contributed by atoms with Crippen molar-refractivity contribution in [2.45, 2.75) is 13.0 Å². The van der Waals surface area contributed by atoms with Gasteiger partial charge in [-0.2, -0.15) is 0 Å². The molecular weight excluding hydrogens is 208 g/mol. The van der Waals surface area contributed by atoms with Crippen LogP contribution in [0.25, 0.3) is 0 Å². The van der Waals surface area contributed by atoms with Crippen LogP contribution >= 0.6 is 0 Å². The Morgan fingerprint density at radius 3 is 2.60 bits per heavy atom. The summed E-state index contributed by atoms with van der Waals surface area (Å²) in [7, 11) is 0.